The lowest BCUT2D eigenvalue weighted by Gasteiger charge is -2.36. The smallest absolute Gasteiger partial charge is 0.163 e. The van der Waals surface area contributed by atoms with Gasteiger partial charge in [-0.15, -0.1) is 0 Å². The summed E-state index contributed by atoms with van der Waals surface area (Å²) in [6.45, 7) is 5.14. The number of hydroxylamine groups is 2. The molecule has 5 heteroatoms. The molecule has 0 amide bonds. The molecule has 0 unspecified atom stereocenters. The van der Waals surface area contributed by atoms with Crippen LogP contribution in [0.15, 0.2) is 30.3 Å². The maximum Gasteiger partial charge on any atom is 0.163 e. The van der Waals surface area contributed by atoms with Crippen molar-refractivity contribution in [3.05, 3.63) is 35.9 Å². The SMILES string of the molecule is CC1(C)OC[C@H]([C@@H]2C(=O)CCON2Cc2ccccc2)O1. The van der Waals surface area contributed by atoms with Gasteiger partial charge in [0, 0.05) is 6.42 Å². The van der Waals surface area contributed by atoms with Crippen LogP contribution in [0.25, 0.3) is 0 Å². The van der Waals surface area contributed by atoms with Gasteiger partial charge in [-0.25, -0.2) is 0 Å². The Morgan fingerprint density at radius 2 is 2.05 bits per heavy atom. The second-order valence-electron chi connectivity index (χ2n) is 5.92. The lowest BCUT2D eigenvalue weighted by Crippen LogP contribution is -2.53. The molecule has 0 radical (unpaired) electrons. The fraction of sp³-hybridized carbons (Fsp3) is 0.562. The maximum atomic E-state index is 12.3. The van der Waals surface area contributed by atoms with Crippen molar-refractivity contribution in [2.75, 3.05) is 13.2 Å². The molecule has 2 heterocycles. The van der Waals surface area contributed by atoms with Crippen molar-refractivity contribution in [2.45, 2.75) is 44.7 Å². The molecule has 5 nitrogen and oxygen atoms in total. The lowest BCUT2D eigenvalue weighted by molar-refractivity contribution is -0.235. The summed E-state index contributed by atoms with van der Waals surface area (Å²) < 4.78 is 11.5. The molecule has 2 fully saturated rings. The molecule has 2 atom stereocenters. The van der Waals surface area contributed by atoms with Gasteiger partial charge in [-0.2, -0.15) is 5.06 Å². The first-order valence-electron chi connectivity index (χ1n) is 7.33. The third-order valence-corrected chi connectivity index (χ3v) is 3.81. The molecular weight excluding hydrogens is 270 g/mol. The molecule has 21 heavy (non-hydrogen) atoms. The Labute approximate surface area is 124 Å². The highest BCUT2D eigenvalue weighted by Crippen LogP contribution is 2.29. The highest BCUT2D eigenvalue weighted by atomic mass is 16.7. The van der Waals surface area contributed by atoms with E-state index in [1.165, 1.54) is 0 Å². The van der Waals surface area contributed by atoms with E-state index >= 15 is 0 Å². The molecule has 1 aromatic rings. The number of carbonyl (C=O) groups excluding carboxylic acids is 1. The van der Waals surface area contributed by atoms with Gasteiger partial charge in [0.15, 0.2) is 11.6 Å². The molecule has 0 bridgehead atoms. The summed E-state index contributed by atoms with van der Waals surface area (Å²) in [5, 5.41) is 1.75. The zero-order valence-electron chi connectivity index (χ0n) is 12.5. The van der Waals surface area contributed by atoms with Crippen LogP contribution in [0.5, 0.6) is 0 Å². The number of carbonyl (C=O) groups is 1. The molecule has 114 valence electrons. The summed E-state index contributed by atoms with van der Waals surface area (Å²) in [7, 11) is 0. The van der Waals surface area contributed by atoms with E-state index in [9.17, 15) is 4.79 Å². The summed E-state index contributed by atoms with van der Waals surface area (Å²) >= 11 is 0. The van der Waals surface area contributed by atoms with Crippen molar-refractivity contribution in [3.63, 3.8) is 0 Å². The topological polar surface area (TPSA) is 48.0 Å². The summed E-state index contributed by atoms with van der Waals surface area (Å²) in [5.74, 6) is -0.482. The van der Waals surface area contributed by atoms with Crippen molar-refractivity contribution < 1.29 is 19.1 Å². The average molecular weight is 291 g/mol. The van der Waals surface area contributed by atoms with Gasteiger partial charge in [0.2, 0.25) is 0 Å². The Morgan fingerprint density at radius 1 is 1.29 bits per heavy atom. The molecule has 1 aromatic carbocycles. The van der Waals surface area contributed by atoms with Crippen LogP contribution in [-0.2, 0) is 25.7 Å². The Balaban J connectivity index is 1.76. The minimum absolute atomic E-state index is 0.156. The molecule has 2 aliphatic heterocycles. The number of ketones is 1. The standard InChI is InChI=1S/C16H21NO4/c1-16(2)19-11-14(21-16)15-13(18)8-9-20-17(15)10-12-6-4-3-5-7-12/h3-7,14-15H,8-11H2,1-2H3/t14-,15+/m1/s1. The number of hydrogen-bond donors (Lipinski definition) is 0. The zero-order valence-corrected chi connectivity index (χ0v) is 12.5. The highest BCUT2D eigenvalue weighted by Gasteiger charge is 2.44. The van der Waals surface area contributed by atoms with Gasteiger partial charge in [-0.3, -0.25) is 9.63 Å². The minimum Gasteiger partial charge on any atom is -0.348 e. The third kappa shape index (κ3) is 3.32. The van der Waals surface area contributed by atoms with Gasteiger partial charge in [-0.1, -0.05) is 30.3 Å². The first kappa shape index (κ1) is 14.7. The van der Waals surface area contributed by atoms with E-state index in [-0.39, 0.29) is 11.9 Å². The van der Waals surface area contributed by atoms with E-state index in [1.807, 2.05) is 44.2 Å². The molecule has 2 saturated heterocycles. The van der Waals surface area contributed by atoms with Gasteiger partial charge in [0.1, 0.15) is 12.1 Å². The van der Waals surface area contributed by atoms with Crippen LogP contribution in [0.2, 0.25) is 0 Å². The maximum absolute atomic E-state index is 12.3. The predicted octanol–water partition coefficient (Wildman–Crippen LogP) is 1.91. The van der Waals surface area contributed by atoms with Crippen LogP contribution >= 0.6 is 0 Å². The highest BCUT2D eigenvalue weighted by molar-refractivity contribution is 5.85. The Hall–Kier alpha value is -1.27. The van der Waals surface area contributed by atoms with E-state index in [0.717, 1.165) is 5.56 Å². The Bertz CT molecular complexity index is 502. The predicted molar refractivity (Wildman–Crippen MR) is 76.3 cm³/mol. The molecule has 0 saturated carbocycles. The second-order valence-corrected chi connectivity index (χ2v) is 5.92. The summed E-state index contributed by atoms with van der Waals surface area (Å²) in [5.41, 5.74) is 1.11. The first-order valence-corrected chi connectivity index (χ1v) is 7.33. The fourth-order valence-electron chi connectivity index (χ4n) is 2.82. The normalized spacial score (nSPS) is 29.7. The molecular formula is C16H21NO4. The van der Waals surface area contributed by atoms with Gasteiger partial charge in [0.25, 0.3) is 0 Å². The largest absolute Gasteiger partial charge is 0.348 e. The lowest BCUT2D eigenvalue weighted by atomic mass is 10.0. The molecule has 2 aliphatic rings. The molecule has 0 spiro atoms. The molecule has 0 aromatic heterocycles. The van der Waals surface area contributed by atoms with E-state index in [4.69, 9.17) is 14.3 Å². The van der Waals surface area contributed by atoms with E-state index in [1.54, 1.807) is 5.06 Å². The average Bonchev–Trinajstić information content (AvgIpc) is 2.80. The van der Waals surface area contributed by atoms with Gasteiger partial charge < -0.3 is 9.47 Å². The quantitative estimate of drug-likeness (QED) is 0.851. The number of benzene rings is 1. The molecule has 0 aliphatic carbocycles. The number of nitrogens with zero attached hydrogens (tertiary/aromatic N) is 1. The van der Waals surface area contributed by atoms with Crippen LogP contribution < -0.4 is 0 Å². The van der Waals surface area contributed by atoms with Crippen molar-refractivity contribution in [1.29, 1.82) is 0 Å². The van der Waals surface area contributed by atoms with Gasteiger partial charge in [-0.05, 0) is 19.4 Å². The van der Waals surface area contributed by atoms with Crippen LogP contribution in [0, 0.1) is 0 Å². The molecule has 0 N–H and O–H groups in total. The van der Waals surface area contributed by atoms with Crippen LogP contribution in [0.3, 0.4) is 0 Å². The van der Waals surface area contributed by atoms with Crippen LogP contribution in [0.1, 0.15) is 25.8 Å². The number of rotatable bonds is 3. The van der Waals surface area contributed by atoms with Gasteiger partial charge in [0.05, 0.1) is 19.8 Å². The van der Waals surface area contributed by atoms with Crippen molar-refractivity contribution in [1.82, 2.24) is 5.06 Å². The zero-order chi connectivity index (χ0) is 14.9. The summed E-state index contributed by atoms with van der Waals surface area (Å²) in [6, 6.07) is 9.58. The van der Waals surface area contributed by atoms with Crippen LogP contribution in [0.4, 0.5) is 0 Å². The van der Waals surface area contributed by atoms with Gasteiger partial charge >= 0.3 is 0 Å². The second kappa shape index (κ2) is 5.85. The monoisotopic (exact) mass is 291 g/mol. The summed E-state index contributed by atoms with van der Waals surface area (Å²) in [6.07, 6.45) is 0.146. The van der Waals surface area contributed by atoms with E-state index in [0.29, 0.717) is 26.2 Å². The van der Waals surface area contributed by atoms with Crippen LogP contribution in [-0.4, -0.2) is 42.0 Å². The van der Waals surface area contributed by atoms with Crippen molar-refractivity contribution in [3.8, 4) is 0 Å². The fourth-order valence-corrected chi connectivity index (χ4v) is 2.82. The van der Waals surface area contributed by atoms with E-state index < -0.39 is 11.8 Å². The van der Waals surface area contributed by atoms with Crippen molar-refractivity contribution in [2.24, 2.45) is 0 Å². The molecule has 3 rings (SSSR count). The van der Waals surface area contributed by atoms with E-state index in [2.05, 4.69) is 0 Å². The third-order valence-electron chi connectivity index (χ3n) is 3.81. The Kier molecular flexibility index (Phi) is 4.08. The number of Topliss-reactive ketones (excluding diaryl/α,β-unsaturated/α-hetero) is 1. The first-order chi connectivity index (χ1) is 10.1. The minimum atomic E-state index is -0.638. The summed E-state index contributed by atoms with van der Waals surface area (Å²) in [4.78, 5) is 18.1. The number of ether oxygens (including phenoxy) is 2. The van der Waals surface area contributed by atoms with Crippen molar-refractivity contribution >= 4 is 5.78 Å². The number of hydrogen-bond acceptors (Lipinski definition) is 5. The Morgan fingerprint density at radius 3 is 2.71 bits per heavy atom.